The average molecular weight is 184 g/mol. The van der Waals surface area contributed by atoms with Gasteiger partial charge in [0.25, 0.3) is 0 Å². The van der Waals surface area contributed by atoms with Gasteiger partial charge in [-0.15, -0.1) is 0 Å². The Bertz CT molecular complexity index is 162. The first-order valence-corrected chi connectivity index (χ1v) is 5.29. The lowest BCUT2D eigenvalue weighted by molar-refractivity contribution is -0.130. The molecular weight excluding hydrogens is 164 g/mol. The van der Waals surface area contributed by atoms with E-state index in [9.17, 15) is 4.79 Å². The smallest absolute Gasteiger partial charge is 0.223 e. The molecule has 0 aromatic rings. The Balaban J connectivity index is 2.07. The molecule has 1 saturated carbocycles. The molecule has 1 rings (SSSR count). The second kappa shape index (κ2) is 5.22. The molecule has 0 atom stereocenters. The van der Waals surface area contributed by atoms with E-state index in [-0.39, 0.29) is 5.91 Å². The fraction of sp³-hybridized carbons (Fsp3) is 0.900. The van der Waals surface area contributed by atoms with E-state index >= 15 is 0 Å². The Kier molecular flexibility index (Phi) is 4.22. The summed E-state index contributed by atoms with van der Waals surface area (Å²) >= 11 is 0. The van der Waals surface area contributed by atoms with Gasteiger partial charge in [0, 0.05) is 32.1 Å². The SMILES string of the molecule is CCN(CC)C(=O)CCNC1CC1. The second-order valence-electron chi connectivity index (χ2n) is 3.54. The lowest BCUT2D eigenvalue weighted by atomic mass is 10.3. The van der Waals surface area contributed by atoms with Crippen LogP contribution in [-0.2, 0) is 4.79 Å². The van der Waals surface area contributed by atoms with Crippen LogP contribution in [-0.4, -0.2) is 36.5 Å². The Morgan fingerprint density at radius 1 is 1.38 bits per heavy atom. The molecule has 0 saturated heterocycles. The van der Waals surface area contributed by atoms with Crippen LogP contribution in [0.25, 0.3) is 0 Å². The number of nitrogens with one attached hydrogen (secondary N) is 1. The van der Waals surface area contributed by atoms with Crippen molar-refractivity contribution < 1.29 is 4.79 Å². The van der Waals surface area contributed by atoms with Crippen molar-refractivity contribution in [2.24, 2.45) is 0 Å². The van der Waals surface area contributed by atoms with E-state index in [1.54, 1.807) is 0 Å². The van der Waals surface area contributed by atoms with Crippen LogP contribution in [0.4, 0.5) is 0 Å². The summed E-state index contributed by atoms with van der Waals surface area (Å²) in [6.45, 7) is 6.56. The third-order valence-corrected chi connectivity index (χ3v) is 2.47. The minimum absolute atomic E-state index is 0.276. The Labute approximate surface area is 80.5 Å². The van der Waals surface area contributed by atoms with E-state index in [0.29, 0.717) is 12.5 Å². The van der Waals surface area contributed by atoms with Gasteiger partial charge < -0.3 is 10.2 Å². The van der Waals surface area contributed by atoms with Gasteiger partial charge in [-0.05, 0) is 26.7 Å². The molecule has 3 heteroatoms. The molecule has 0 bridgehead atoms. The number of nitrogens with zero attached hydrogens (tertiary/aromatic N) is 1. The van der Waals surface area contributed by atoms with Gasteiger partial charge in [0.1, 0.15) is 0 Å². The molecule has 0 unspecified atom stereocenters. The van der Waals surface area contributed by atoms with Crippen LogP contribution < -0.4 is 5.32 Å². The molecule has 0 aromatic heterocycles. The van der Waals surface area contributed by atoms with Gasteiger partial charge in [-0.2, -0.15) is 0 Å². The summed E-state index contributed by atoms with van der Waals surface area (Å²) in [5, 5.41) is 3.34. The highest BCUT2D eigenvalue weighted by Crippen LogP contribution is 2.18. The Morgan fingerprint density at radius 3 is 2.46 bits per heavy atom. The van der Waals surface area contributed by atoms with E-state index in [2.05, 4.69) is 5.32 Å². The average Bonchev–Trinajstić information content (AvgIpc) is 2.90. The van der Waals surface area contributed by atoms with Crippen LogP contribution in [0.3, 0.4) is 0 Å². The number of amides is 1. The quantitative estimate of drug-likeness (QED) is 0.668. The van der Waals surface area contributed by atoms with Crippen molar-refractivity contribution in [3.05, 3.63) is 0 Å². The minimum Gasteiger partial charge on any atom is -0.343 e. The highest BCUT2D eigenvalue weighted by atomic mass is 16.2. The maximum atomic E-state index is 11.5. The summed E-state index contributed by atoms with van der Waals surface area (Å²) in [5.74, 6) is 0.276. The van der Waals surface area contributed by atoms with Gasteiger partial charge in [0.05, 0.1) is 0 Å². The lowest BCUT2D eigenvalue weighted by Gasteiger charge is -2.18. The van der Waals surface area contributed by atoms with E-state index in [0.717, 1.165) is 19.6 Å². The van der Waals surface area contributed by atoms with Gasteiger partial charge in [-0.25, -0.2) is 0 Å². The molecule has 1 aliphatic rings. The molecule has 1 N–H and O–H groups in total. The number of rotatable bonds is 6. The standard InChI is InChI=1S/C10H20N2O/c1-3-12(4-2)10(13)7-8-11-9-5-6-9/h9,11H,3-8H2,1-2H3. The third kappa shape index (κ3) is 3.77. The molecule has 1 fully saturated rings. The van der Waals surface area contributed by atoms with Crippen molar-refractivity contribution in [1.82, 2.24) is 10.2 Å². The van der Waals surface area contributed by atoms with Crippen molar-refractivity contribution in [3.63, 3.8) is 0 Å². The highest BCUT2D eigenvalue weighted by molar-refractivity contribution is 5.76. The zero-order chi connectivity index (χ0) is 9.68. The second-order valence-corrected chi connectivity index (χ2v) is 3.54. The first-order valence-electron chi connectivity index (χ1n) is 5.29. The van der Waals surface area contributed by atoms with Crippen molar-refractivity contribution in [3.8, 4) is 0 Å². The Hall–Kier alpha value is -0.570. The molecule has 13 heavy (non-hydrogen) atoms. The highest BCUT2D eigenvalue weighted by Gasteiger charge is 2.20. The molecule has 1 aliphatic carbocycles. The van der Waals surface area contributed by atoms with Crippen LogP contribution in [0, 0.1) is 0 Å². The predicted octanol–water partition coefficient (Wildman–Crippen LogP) is 0.997. The zero-order valence-electron chi connectivity index (χ0n) is 8.68. The maximum Gasteiger partial charge on any atom is 0.223 e. The number of hydrogen-bond donors (Lipinski definition) is 1. The van der Waals surface area contributed by atoms with Gasteiger partial charge in [-0.3, -0.25) is 4.79 Å². The number of carbonyl (C=O) groups excluding carboxylic acids is 1. The summed E-state index contributed by atoms with van der Waals surface area (Å²) in [4.78, 5) is 13.4. The largest absolute Gasteiger partial charge is 0.343 e. The predicted molar refractivity (Wildman–Crippen MR) is 53.6 cm³/mol. The zero-order valence-corrected chi connectivity index (χ0v) is 8.68. The molecular formula is C10H20N2O. The summed E-state index contributed by atoms with van der Waals surface area (Å²) in [6, 6.07) is 0.713. The van der Waals surface area contributed by atoms with Crippen LogP contribution in [0.5, 0.6) is 0 Å². The minimum atomic E-state index is 0.276. The van der Waals surface area contributed by atoms with Crippen LogP contribution in [0.15, 0.2) is 0 Å². The van der Waals surface area contributed by atoms with E-state index in [4.69, 9.17) is 0 Å². The molecule has 3 nitrogen and oxygen atoms in total. The van der Waals surface area contributed by atoms with Gasteiger partial charge in [-0.1, -0.05) is 0 Å². The molecule has 0 aliphatic heterocycles. The van der Waals surface area contributed by atoms with Crippen molar-refractivity contribution in [1.29, 1.82) is 0 Å². The molecule has 0 radical (unpaired) electrons. The first kappa shape index (κ1) is 10.5. The molecule has 0 spiro atoms. The number of hydrogen-bond acceptors (Lipinski definition) is 2. The van der Waals surface area contributed by atoms with E-state index in [1.165, 1.54) is 12.8 Å². The van der Waals surface area contributed by atoms with Crippen LogP contribution >= 0.6 is 0 Å². The van der Waals surface area contributed by atoms with Crippen LogP contribution in [0.1, 0.15) is 33.1 Å². The van der Waals surface area contributed by atoms with Gasteiger partial charge in [0.15, 0.2) is 0 Å². The monoisotopic (exact) mass is 184 g/mol. The molecule has 1 amide bonds. The number of carbonyl (C=O) groups is 1. The molecule has 0 heterocycles. The lowest BCUT2D eigenvalue weighted by Crippen LogP contribution is -2.33. The van der Waals surface area contributed by atoms with Crippen molar-refractivity contribution in [2.75, 3.05) is 19.6 Å². The molecule has 0 aromatic carbocycles. The van der Waals surface area contributed by atoms with Gasteiger partial charge in [0.2, 0.25) is 5.91 Å². The fourth-order valence-electron chi connectivity index (χ4n) is 1.41. The topological polar surface area (TPSA) is 32.3 Å². The van der Waals surface area contributed by atoms with Crippen molar-refractivity contribution in [2.45, 2.75) is 39.2 Å². The molecule has 76 valence electrons. The summed E-state index contributed by atoms with van der Waals surface area (Å²) in [6.07, 6.45) is 3.23. The summed E-state index contributed by atoms with van der Waals surface area (Å²) < 4.78 is 0. The summed E-state index contributed by atoms with van der Waals surface area (Å²) in [5.41, 5.74) is 0. The van der Waals surface area contributed by atoms with Crippen molar-refractivity contribution >= 4 is 5.91 Å². The fourth-order valence-corrected chi connectivity index (χ4v) is 1.41. The maximum absolute atomic E-state index is 11.5. The van der Waals surface area contributed by atoms with E-state index < -0.39 is 0 Å². The Morgan fingerprint density at radius 2 is 2.00 bits per heavy atom. The first-order chi connectivity index (χ1) is 6.27. The van der Waals surface area contributed by atoms with E-state index in [1.807, 2.05) is 18.7 Å². The van der Waals surface area contributed by atoms with Crippen LogP contribution in [0.2, 0.25) is 0 Å². The third-order valence-electron chi connectivity index (χ3n) is 2.47. The summed E-state index contributed by atoms with van der Waals surface area (Å²) in [7, 11) is 0. The normalized spacial score (nSPS) is 15.8. The van der Waals surface area contributed by atoms with Gasteiger partial charge >= 0.3 is 0 Å².